The minimum atomic E-state index is -1.09. The lowest BCUT2D eigenvalue weighted by molar-refractivity contribution is -0.146. The van der Waals surface area contributed by atoms with E-state index in [4.69, 9.17) is 9.84 Å². The molecule has 0 saturated carbocycles. The summed E-state index contributed by atoms with van der Waals surface area (Å²) in [7, 11) is 0. The van der Waals surface area contributed by atoms with E-state index in [1.54, 1.807) is 4.90 Å². The summed E-state index contributed by atoms with van der Waals surface area (Å²) in [5.41, 5.74) is 0. The number of nitrogens with one attached hydrogen (secondary N) is 1. The van der Waals surface area contributed by atoms with Crippen molar-refractivity contribution in [2.24, 2.45) is 0 Å². The standard InChI is InChI=1S/C13H23N3O5/c1-2-3-14-11(17)8-15-4-6-16(7-5-15)12(18)9-21-10-13(19)20/h2-10H2,1H3,(H,14,17)(H,19,20). The highest BCUT2D eigenvalue weighted by Crippen LogP contribution is 2.02. The molecule has 1 fully saturated rings. The summed E-state index contributed by atoms with van der Waals surface area (Å²) in [4.78, 5) is 37.2. The van der Waals surface area contributed by atoms with Crippen LogP contribution in [0.1, 0.15) is 13.3 Å². The number of nitrogens with zero attached hydrogens (tertiary/aromatic N) is 2. The Labute approximate surface area is 124 Å². The highest BCUT2D eigenvalue weighted by atomic mass is 16.5. The fourth-order valence-electron chi connectivity index (χ4n) is 2.00. The van der Waals surface area contributed by atoms with Gasteiger partial charge < -0.3 is 20.1 Å². The van der Waals surface area contributed by atoms with Crippen LogP contribution in [0.15, 0.2) is 0 Å². The number of carboxylic acids is 1. The predicted octanol–water partition coefficient (Wildman–Crippen LogP) is -1.24. The molecule has 8 nitrogen and oxygen atoms in total. The number of hydrogen-bond donors (Lipinski definition) is 2. The van der Waals surface area contributed by atoms with Crippen molar-refractivity contribution < 1.29 is 24.2 Å². The van der Waals surface area contributed by atoms with E-state index >= 15 is 0 Å². The number of carbonyl (C=O) groups excluding carboxylic acids is 2. The lowest BCUT2D eigenvalue weighted by Crippen LogP contribution is -2.51. The third-order valence-electron chi connectivity index (χ3n) is 3.12. The fraction of sp³-hybridized carbons (Fsp3) is 0.769. The minimum absolute atomic E-state index is 0.00131. The summed E-state index contributed by atoms with van der Waals surface area (Å²) in [6.45, 7) is 4.64. The van der Waals surface area contributed by atoms with E-state index < -0.39 is 12.6 Å². The lowest BCUT2D eigenvalue weighted by atomic mass is 10.3. The Balaban J connectivity index is 2.20. The predicted molar refractivity (Wildman–Crippen MR) is 74.8 cm³/mol. The third-order valence-corrected chi connectivity index (χ3v) is 3.12. The molecule has 1 heterocycles. The number of aliphatic carboxylic acids is 1. The number of rotatable bonds is 8. The first kappa shape index (κ1) is 17.4. The quantitative estimate of drug-likeness (QED) is 0.582. The van der Waals surface area contributed by atoms with Crippen molar-refractivity contribution in [2.75, 3.05) is 52.5 Å². The number of amides is 2. The highest BCUT2D eigenvalue weighted by molar-refractivity contribution is 5.79. The topological polar surface area (TPSA) is 99.2 Å². The molecule has 21 heavy (non-hydrogen) atoms. The monoisotopic (exact) mass is 301 g/mol. The van der Waals surface area contributed by atoms with Crippen LogP contribution >= 0.6 is 0 Å². The summed E-state index contributed by atoms with van der Waals surface area (Å²) < 4.78 is 4.78. The van der Waals surface area contributed by atoms with Crippen LogP contribution in [0.5, 0.6) is 0 Å². The molecule has 0 aliphatic carbocycles. The van der Waals surface area contributed by atoms with Gasteiger partial charge in [-0.3, -0.25) is 14.5 Å². The van der Waals surface area contributed by atoms with Crippen molar-refractivity contribution in [3.05, 3.63) is 0 Å². The summed E-state index contributed by atoms with van der Waals surface area (Å²) in [6, 6.07) is 0. The second kappa shape index (κ2) is 9.30. The Morgan fingerprint density at radius 3 is 2.38 bits per heavy atom. The second-order valence-corrected chi connectivity index (χ2v) is 4.89. The molecule has 0 spiro atoms. The van der Waals surface area contributed by atoms with Gasteiger partial charge in [-0.1, -0.05) is 6.92 Å². The van der Waals surface area contributed by atoms with Crippen molar-refractivity contribution in [3.8, 4) is 0 Å². The fourth-order valence-corrected chi connectivity index (χ4v) is 2.00. The largest absolute Gasteiger partial charge is 0.480 e. The van der Waals surface area contributed by atoms with E-state index in [-0.39, 0.29) is 18.4 Å². The van der Waals surface area contributed by atoms with E-state index in [9.17, 15) is 14.4 Å². The van der Waals surface area contributed by atoms with E-state index in [0.29, 0.717) is 39.3 Å². The molecule has 1 aliphatic rings. The molecular formula is C13H23N3O5. The molecule has 1 aliphatic heterocycles. The van der Waals surface area contributed by atoms with Crippen LogP contribution < -0.4 is 5.32 Å². The molecule has 1 rings (SSSR count). The molecule has 8 heteroatoms. The Kier molecular flexibility index (Phi) is 7.70. The Bertz CT molecular complexity index is 367. The van der Waals surface area contributed by atoms with Crippen molar-refractivity contribution in [2.45, 2.75) is 13.3 Å². The normalized spacial score (nSPS) is 15.8. The summed E-state index contributed by atoms with van der Waals surface area (Å²) in [5, 5.41) is 11.2. The smallest absolute Gasteiger partial charge is 0.329 e. The van der Waals surface area contributed by atoms with Gasteiger partial charge in [0, 0.05) is 32.7 Å². The maximum Gasteiger partial charge on any atom is 0.329 e. The maximum atomic E-state index is 11.8. The Morgan fingerprint density at radius 1 is 1.14 bits per heavy atom. The van der Waals surface area contributed by atoms with Crippen LogP contribution in [0.2, 0.25) is 0 Å². The average molecular weight is 301 g/mol. The van der Waals surface area contributed by atoms with Crippen LogP contribution in [0.25, 0.3) is 0 Å². The van der Waals surface area contributed by atoms with E-state index in [0.717, 1.165) is 6.42 Å². The number of ether oxygens (including phenoxy) is 1. The SMILES string of the molecule is CCCNC(=O)CN1CCN(C(=O)COCC(=O)O)CC1. The van der Waals surface area contributed by atoms with E-state index in [1.807, 2.05) is 11.8 Å². The first-order valence-electron chi connectivity index (χ1n) is 7.09. The molecular weight excluding hydrogens is 278 g/mol. The number of hydrogen-bond acceptors (Lipinski definition) is 5. The van der Waals surface area contributed by atoms with Crippen LogP contribution in [-0.4, -0.2) is 85.2 Å². The molecule has 0 bridgehead atoms. The van der Waals surface area contributed by atoms with Crippen LogP contribution in [-0.2, 0) is 19.1 Å². The third kappa shape index (κ3) is 7.05. The molecule has 1 saturated heterocycles. The molecule has 0 aromatic carbocycles. The van der Waals surface area contributed by atoms with Crippen molar-refractivity contribution in [1.29, 1.82) is 0 Å². The van der Waals surface area contributed by atoms with Gasteiger partial charge in [0.25, 0.3) is 0 Å². The molecule has 0 radical (unpaired) electrons. The molecule has 0 atom stereocenters. The van der Waals surface area contributed by atoms with Gasteiger partial charge in [-0.2, -0.15) is 0 Å². The molecule has 0 unspecified atom stereocenters. The van der Waals surface area contributed by atoms with Gasteiger partial charge >= 0.3 is 5.97 Å². The van der Waals surface area contributed by atoms with Gasteiger partial charge in [-0.25, -0.2) is 4.79 Å². The zero-order valence-electron chi connectivity index (χ0n) is 12.3. The molecule has 120 valence electrons. The van der Waals surface area contributed by atoms with Gasteiger partial charge in [0.1, 0.15) is 13.2 Å². The van der Waals surface area contributed by atoms with Gasteiger partial charge in [-0.05, 0) is 6.42 Å². The van der Waals surface area contributed by atoms with E-state index in [2.05, 4.69) is 5.32 Å². The molecule has 2 amide bonds. The molecule has 2 N–H and O–H groups in total. The maximum absolute atomic E-state index is 11.8. The first-order chi connectivity index (χ1) is 10.0. The zero-order valence-corrected chi connectivity index (χ0v) is 12.3. The van der Waals surface area contributed by atoms with Crippen LogP contribution in [0, 0.1) is 0 Å². The van der Waals surface area contributed by atoms with Gasteiger partial charge in [0.2, 0.25) is 11.8 Å². The number of piperazine rings is 1. The lowest BCUT2D eigenvalue weighted by Gasteiger charge is -2.34. The van der Waals surface area contributed by atoms with Gasteiger partial charge in [0.15, 0.2) is 0 Å². The Morgan fingerprint density at radius 2 is 1.81 bits per heavy atom. The summed E-state index contributed by atoms with van der Waals surface area (Å²) in [6.07, 6.45) is 0.907. The summed E-state index contributed by atoms with van der Waals surface area (Å²) >= 11 is 0. The number of carboxylic acid groups (broad SMARTS) is 1. The van der Waals surface area contributed by atoms with Crippen molar-refractivity contribution in [1.82, 2.24) is 15.1 Å². The molecule has 0 aromatic heterocycles. The second-order valence-electron chi connectivity index (χ2n) is 4.89. The zero-order chi connectivity index (χ0) is 15.7. The minimum Gasteiger partial charge on any atom is -0.480 e. The van der Waals surface area contributed by atoms with Gasteiger partial charge in [-0.15, -0.1) is 0 Å². The van der Waals surface area contributed by atoms with Crippen LogP contribution in [0.4, 0.5) is 0 Å². The van der Waals surface area contributed by atoms with Gasteiger partial charge in [0.05, 0.1) is 6.54 Å². The molecule has 0 aromatic rings. The highest BCUT2D eigenvalue weighted by Gasteiger charge is 2.22. The average Bonchev–Trinajstić information content (AvgIpc) is 2.45. The Hall–Kier alpha value is -1.67. The first-order valence-corrected chi connectivity index (χ1v) is 7.09. The van der Waals surface area contributed by atoms with Crippen molar-refractivity contribution >= 4 is 17.8 Å². The van der Waals surface area contributed by atoms with Crippen LogP contribution in [0.3, 0.4) is 0 Å². The van der Waals surface area contributed by atoms with Crippen molar-refractivity contribution in [3.63, 3.8) is 0 Å². The van der Waals surface area contributed by atoms with E-state index in [1.165, 1.54) is 0 Å². The summed E-state index contributed by atoms with van der Waals surface area (Å²) in [5.74, 6) is -1.31. The number of carbonyl (C=O) groups is 3.